The third kappa shape index (κ3) is 3.45. The summed E-state index contributed by atoms with van der Waals surface area (Å²) in [5, 5.41) is 3.24. The first-order chi connectivity index (χ1) is 13.2. The lowest BCUT2D eigenvalue weighted by Crippen LogP contribution is -2.32. The van der Waals surface area contributed by atoms with Gasteiger partial charge in [0.1, 0.15) is 6.54 Å². The summed E-state index contributed by atoms with van der Waals surface area (Å²) in [7, 11) is 0. The van der Waals surface area contributed by atoms with Gasteiger partial charge in [0.15, 0.2) is 0 Å². The Morgan fingerprint density at radius 1 is 1.11 bits per heavy atom. The molecule has 1 N–H and O–H groups in total. The molecule has 0 aliphatic carbocycles. The fourth-order valence-corrected chi connectivity index (χ4v) is 2.75. The number of para-hydroxylation sites is 1. The van der Waals surface area contributed by atoms with E-state index in [2.05, 4.69) is 20.3 Å². The number of nitrogens with zero attached hydrogens (tertiary/aromatic N) is 4. The predicted molar refractivity (Wildman–Crippen MR) is 97.6 cm³/mol. The van der Waals surface area contributed by atoms with Crippen molar-refractivity contribution < 1.29 is 9.21 Å². The Hall–Kier alpha value is -3.81. The second-order valence-corrected chi connectivity index (χ2v) is 5.84. The van der Waals surface area contributed by atoms with Gasteiger partial charge in [-0.25, -0.2) is 4.98 Å². The van der Waals surface area contributed by atoms with E-state index in [-0.39, 0.29) is 24.6 Å². The number of hydrogen-bond donors (Lipinski definition) is 1. The highest BCUT2D eigenvalue weighted by atomic mass is 16.3. The van der Waals surface area contributed by atoms with Crippen LogP contribution in [0.3, 0.4) is 0 Å². The SMILES string of the molecule is O=C(Cn1cnc2ccccc2c1=O)NCc1nccnc1-c1ccoc1. The lowest BCUT2D eigenvalue weighted by atomic mass is 10.2. The van der Waals surface area contributed by atoms with Crippen molar-refractivity contribution in [3.8, 4) is 11.3 Å². The molecule has 8 nitrogen and oxygen atoms in total. The molecule has 0 saturated heterocycles. The molecule has 134 valence electrons. The summed E-state index contributed by atoms with van der Waals surface area (Å²) < 4.78 is 6.36. The van der Waals surface area contributed by atoms with Crippen LogP contribution in [0.5, 0.6) is 0 Å². The van der Waals surface area contributed by atoms with E-state index in [1.807, 2.05) is 6.07 Å². The monoisotopic (exact) mass is 361 g/mol. The maximum Gasteiger partial charge on any atom is 0.261 e. The second-order valence-electron chi connectivity index (χ2n) is 5.84. The van der Waals surface area contributed by atoms with Crippen molar-refractivity contribution in [1.29, 1.82) is 0 Å². The van der Waals surface area contributed by atoms with Crippen LogP contribution in [0.2, 0.25) is 0 Å². The standard InChI is InChI=1S/C19H15N5O3/c25-17(10-24-12-23-15-4-2-1-3-14(15)19(24)26)22-9-16-18(21-7-6-20-16)13-5-8-27-11-13/h1-8,11-12H,9-10H2,(H,22,25). The van der Waals surface area contributed by atoms with Crippen LogP contribution < -0.4 is 10.9 Å². The molecule has 8 heteroatoms. The number of carbonyl (C=O) groups is 1. The second kappa shape index (κ2) is 7.20. The number of amides is 1. The van der Waals surface area contributed by atoms with Crippen molar-refractivity contribution >= 4 is 16.8 Å². The quantitative estimate of drug-likeness (QED) is 0.581. The molecular weight excluding hydrogens is 346 g/mol. The van der Waals surface area contributed by atoms with Crippen LogP contribution in [0.4, 0.5) is 0 Å². The summed E-state index contributed by atoms with van der Waals surface area (Å²) >= 11 is 0. The Bertz CT molecular complexity index is 1150. The van der Waals surface area contributed by atoms with Gasteiger partial charge < -0.3 is 9.73 Å². The van der Waals surface area contributed by atoms with Gasteiger partial charge in [0.25, 0.3) is 5.56 Å². The number of furan rings is 1. The normalized spacial score (nSPS) is 10.8. The minimum atomic E-state index is -0.321. The van der Waals surface area contributed by atoms with Crippen molar-refractivity contribution in [1.82, 2.24) is 24.8 Å². The lowest BCUT2D eigenvalue weighted by molar-refractivity contribution is -0.121. The number of fused-ring (bicyclic) bond motifs is 1. The Morgan fingerprint density at radius 2 is 1.96 bits per heavy atom. The van der Waals surface area contributed by atoms with Crippen LogP contribution in [0.25, 0.3) is 22.2 Å². The molecule has 0 bridgehead atoms. The number of nitrogens with one attached hydrogen (secondary N) is 1. The zero-order valence-corrected chi connectivity index (χ0v) is 14.2. The zero-order chi connectivity index (χ0) is 18.6. The number of carbonyl (C=O) groups excluding carboxylic acids is 1. The van der Waals surface area contributed by atoms with Crippen molar-refractivity contribution in [3.05, 3.63) is 77.6 Å². The molecule has 0 spiro atoms. The topological polar surface area (TPSA) is 103 Å². The Morgan fingerprint density at radius 3 is 2.81 bits per heavy atom. The molecule has 4 rings (SSSR count). The molecule has 4 aromatic rings. The van der Waals surface area contributed by atoms with E-state index >= 15 is 0 Å². The van der Waals surface area contributed by atoms with Crippen molar-refractivity contribution in [2.75, 3.05) is 0 Å². The van der Waals surface area contributed by atoms with Gasteiger partial charge >= 0.3 is 0 Å². The molecule has 1 amide bonds. The largest absolute Gasteiger partial charge is 0.472 e. The summed E-state index contributed by atoms with van der Waals surface area (Å²) in [6.45, 7) is 0.0565. The van der Waals surface area contributed by atoms with Gasteiger partial charge in [-0.3, -0.25) is 24.1 Å². The summed E-state index contributed by atoms with van der Waals surface area (Å²) in [6.07, 6.45) is 7.63. The van der Waals surface area contributed by atoms with Gasteiger partial charge in [0, 0.05) is 18.0 Å². The van der Waals surface area contributed by atoms with E-state index in [1.165, 1.54) is 10.9 Å². The highest BCUT2D eigenvalue weighted by Crippen LogP contribution is 2.19. The Kier molecular flexibility index (Phi) is 4.44. The Labute approximate surface area is 153 Å². The van der Waals surface area contributed by atoms with Gasteiger partial charge in [0.2, 0.25) is 5.91 Å². The number of rotatable bonds is 5. The molecule has 3 aromatic heterocycles. The zero-order valence-electron chi connectivity index (χ0n) is 14.2. The fraction of sp³-hybridized carbons (Fsp3) is 0.105. The summed E-state index contributed by atoms with van der Waals surface area (Å²) in [6, 6.07) is 8.80. The molecule has 0 atom stereocenters. The number of benzene rings is 1. The average molecular weight is 361 g/mol. The van der Waals surface area contributed by atoms with Crippen molar-refractivity contribution in [3.63, 3.8) is 0 Å². The molecule has 3 heterocycles. The van der Waals surface area contributed by atoms with Gasteiger partial charge in [-0.05, 0) is 18.2 Å². The van der Waals surface area contributed by atoms with Crippen LogP contribution in [0, 0.1) is 0 Å². The van der Waals surface area contributed by atoms with E-state index in [4.69, 9.17) is 4.42 Å². The molecule has 0 aliphatic heterocycles. The lowest BCUT2D eigenvalue weighted by Gasteiger charge is -2.09. The first-order valence-electron chi connectivity index (χ1n) is 8.26. The van der Waals surface area contributed by atoms with E-state index in [1.54, 1.807) is 49.2 Å². The van der Waals surface area contributed by atoms with E-state index in [0.29, 0.717) is 22.3 Å². The predicted octanol–water partition coefficient (Wildman–Crippen LogP) is 1.76. The van der Waals surface area contributed by atoms with Gasteiger partial charge in [-0.15, -0.1) is 0 Å². The third-order valence-corrected chi connectivity index (χ3v) is 4.07. The van der Waals surface area contributed by atoms with Crippen LogP contribution >= 0.6 is 0 Å². The summed E-state index contributed by atoms with van der Waals surface area (Å²) in [4.78, 5) is 37.5. The molecule has 0 radical (unpaired) electrons. The third-order valence-electron chi connectivity index (χ3n) is 4.07. The highest BCUT2D eigenvalue weighted by Gasteiger charge is 2.12. The van der Waals surface area contributed by atoms with Crippen LogP contribution in [-0.2, 0) is 17.9 Å². The molecule has 1 aromatic carbocycles. The highest BCUT2D eigenvalue weighted by molar-refractivity contribution is 5.79. The van der Waals surface area contributed by atoms with E-state index in [0.717, 1.165) is 5.56 Å². The first kappa shape index (κ1) is 16.6. The summed E-state index contributed by atoms with van der Waals surface area (Å²) in [5.74, 6) is -0.321. The minimum absolute atomic E-state index is 0.127. The molecular formula is C19H15N5O3. The molecule has 0 unspecified atom stereocenters. The minimum Gasteiger partial charge on any atom is -0.472 e. The maximum atomic E-state index is 12.5. The molecule has 0 aliphatic rings. The molecule has 0 saturated carbocycles. The first-order valence-corrected chi connectivity index (χ1v) is 8.26. The molecule has 27 heavy (non-hydrogen) atoms. The van der Waals surface area contributed by atoms with Crippen molar-refractivity contribution in [2.45, 2.75) is 13.1 Å². The number of aromatic nitrogens is 4. The number of hydrogen-bond acceptors (Lipinski definition) is 6. The van der Waals surface area contributed by atoms with E-state index in [9.17, 15) is 9.59 Å². The fourth-order valence-electron chi connectivity index (χ4n) is 2.75. The van der Waals surface area contributed by atoms with Gasteiger partial charge in [-0.2, -0.15) is 0 Å². The van der Waals surface area contributed by atoms with Crippen LogP contribution in [0.15, 0.2) is 70.8 Å². The van der Waals surface area contributed by atoms with E-state index < -0.39 is 0 Å². The van der Waals surface area contributed by atoms with Gasteiger partial charge in [-0.1, -0.05) is 12.1 Å². The summed E-state index contributed by atoms with van der Waals surface area (Å²) in [5.41, 5.74) is 2.37. The smallest absolute Gasteiger partial charge is 0.261 e. The Balaban J connectivity index is 1.49. The van der Waals surface area contributed by atoms with Crippen LogP contribution in [-0.4, -0.2) is 25.4 Å². The van der Waals surface area contributed by atoms with Crippen molar-refractivity contribution in [2.24, 2.45) is 0 Å². The maximum absolute atomic E-state index is 12.5. The van der Waals surface area contributed by atoms with Gasteiger partial charge in [0.05, 0.1) is 47.7 Å². The molecule has 0 fully saturated rings. The average Bonchev–Trinajstić information content (AvgIpc) is 3.24. The van der Waals surface area contributed by atoms with Crippen LogP contribution in [0.1, 0.15) is 5.69 Å².